The van der Waals surface area contributed by atoms with Crippen molar-refractivity contribution < 1.29 is 0 Å². The fourth-order valence-electron chi connectivity index (χ4n) is 1.88. The summed E-state index contributed by atoms with van der Waals surface area (Å²) in [4.78, 5) is 4.32. The SMILES string of the molecule is Cc1cc(C)cc(-n2cnc(CCN)c2)c1. The fourth-order valence-corrected chi connectivity index (χ4v) is 1.88. The number of hydrogen-bond donors (Lipinski definition) is 1. The molecule has 1 aromatic heterocycles. The zero-order valence-corrected chi connectivity index (χ0v) is 9.77. The first kappa shape index (κ1) is 10.9. The molecule has 0 atom stereocenters. The third kappa shape index (κ3) is 2.31. The van der Waals surface area contributed by atoms with Crippen molar-refractivity contribution >= 4 is 0 Å². The fraction of sp³-hybridized carbons (Fsp3) is 0.308. The van der Waals surface area contributed by atoms with E-state index in [0.29, 0.717) is 6.54 Å². The largest absolute Gasteiger partial charge is 0.330 e. The van der Waals surface area contributed by atoms with Crippen LogP contribution in [0.5, 0.6) is 0 Å². The number of rotatable bonds is 3. The third-order valence-electron chi connectivity index (χ3n) is 2.54. The molecule has 0 saturated carbocycles. The molecule has 0 unspecified atom stereocenters. The summed E-state index contributed by atoms with van der Waals surface area (Å²) >= 11 is 0. The zero-order chi connectivity index (χ0) is 11.5. The molecule has 3 heteroatoms. The molecule has 0 amide bonds. The minimum Gasteiger partial charge on any atom is -0.330 e. The smallest absolute Gasteiger partial charge is 0.0995 e. The molecular formula is C13H17N3. The second-order valence-electron chi connectivity index (χ2n) is 4.16. The van der Waals surface area contributed by atoms with Crippen LogP contribution in [0.15, 0.2) is 30.7 Å². The van der Waals surface area contributed by atoms with Crippen molar-refractivity contribution in [2.45, 2.75) is 20.3 Å². The van der Waals surface area contributed by atoms with Crippen molar-refractivity contribution in [1.82, 2.24) is 9.55 Å². The van der Waals surface area contributed by atoms with Crippen LogP contribution in [0.1, 0.15) is 16.8 Å². The van der Waals surface area contributed by atoms with Crippen LogP contribution in [-0.4, -0.2) is 16.1 Å². The van der Waals surface area contributed by atoms with Gasteiger partial charge in [0.2, 0.25) is 0 Å². The van der Waals surface area contributed by atoms with E-state index in [0.717, 1.165) is 17.8 Å². The Morgan fingerprint density at radius 3 is 2.50 bits per heavy atom. The van der Waals surface area contributed by atoms with Gasteiger partial charge in [0.15, 0.2) is 0 Å². The lowest BCUT2D eigenvalue weighted by atomic mass is 10.1. The van der Waals surface area contributed by atoms with E-state index in [2.05, 4.69) is 37.0 Å². The van der Waals surface area contributed by atoms with Crippen molar-refractivity contribution in [3.05, 3.63) is 47.5 Å². The van der Waals surface area contributed by atoms with E-state index in [1.165, 1.54) is 11.1 Å². The number of aromatic nitrogens is 2. The summed E-state index contributed by atoms with van der Waals surface area (Å²) in [6, 6.07) is 6.48. The van der Waals surface area contributed by atoms with E-state index in [1.807, 2.05) is 17.1 Å². The van der Waals surface area contributed by atoms with Gasteiger partial charge < -0.3 is 10.3 Å². The molecule has 0 fully saturated rings. The van der Waals surface area contributed by atoms with Gasteiger partial charge in [0, 0.05) is 18.3 Å². The summed E-state index contributed by atoms with van der Waals surface area (Å²) in [6.07, 6.45) is 4.72. The highest BCUT2D eigenvalue weighted by Gasteiger charge is 2.01. The molecule has 0 aliphatic rings. The molecule has 84 valence electrons. The van der Waals surface area contributed by atoms with Gasteiger partial charge in [0.25, 0.3) is 0 Å². The van der Waals surface area contributed by atoms with Crippen molar-refractivity contribution in [1.29, 1.82) is 0 Å². The van der Waals surface area contributed by atoms with Crippen LogP contribution in [0.25, 0.3) is 5.69 Å². The Balaban J connectivity index is 2.34. The van der Waals surface area contributed by atoms with Gasteiger partial charge in [-0.15, -0.1) is 0 Å². The zero-order valence-electron chi connectivity index (χ0n) is 9.77. The molecule has 0 radical (unpaired) electrons. The number of nitrogens with two attached hydrogens (primary N) is 1. The van der Waals surface area contributed by atoms with E-state index >= 15 is 0 Å². The van der Waals surface area contributed by atoms with Gasteiger partial charge in [-0.2, -0.15) is 0 Å². The topological polar surface area (TPSA) is 43.8 Å². The lowest BCUT2D eigenvalue weighted by Gasteiger charge is -2.05. The Morgan fingerprint density at radius 1 is 1.19 bits per heavy atom. The van der Waals surface area contributed by atoms with Gasteiger partial charge in [-0.25, -0.2) is 4.98 Å². The summed E-state index contributed by atoms with van der Waals surface area (Å²) in [7, 11) is 0. The van der Waals surface area contributed by atoms with Gasteiger partial charge in [0.05, 0.1) is 12.0 Å². The molecule has 0 spiro atoms. The van der Waals surface area contributed by atoms with Crippen LogP contribution in [0.4, 0.5) is 0 Å². The minimum absolute atomic E-state index is 0.643. The van der Waals surface area contributed by atoms with Crippen LogP contribution in [0.3, 0.4) is 0 Å². The highest BCUT2D eigenvalue weighted by atomic mass is 15.0. The number of benzene rings is 1. The lowest BCUT2D eigenvalue weighted by Crippen LogP contribution is -2.02. The molecular weight excluding hydrogens is 198 g/mol. The quantitative estimate of drug-likeness (QED) is 0.851. The average molecular weight is 215 g/mol. The van der Waals surface area contributed by atoms with E-state index in [-0.39, 0.29) is 0 Å². The standard InChI is InChI=1S/C13H17N3/c1-10-5-11(2)7-13(6-10)16-8-12(3-4-14)15-9-16/h5-9H,3-4,14H2,1-2H3. The molecule has 2 N–H and O–H groups in total. The van der Waals surface area contributed by atoms with Crippen LogP contribution >= 0.6 is 0 Å². The molecule has 0 aliphatic carbocycles. The number of imidazole rings is 1. The number of hydrogen-bond acceptors (Lipinski definition) is 2. The predicted molar refractivity (Wildman–Crippen MR) is 65.8 cm³/mol. The first-order chi connectivity index (χ1) is 7.69. The average Bonchev–Trinajstić information content (AvgIpc) is 2.65. The van der Waals surface area contributed by atoms with E-state index in [9.17, 15) is 0 Å². The number of aryl methyl sites for hydroxylation is 2. The van der Waals surface area contributed by atoms with Crippen LogP contribution in [-0.2, 0) is 6.42 Å². The summed E-state index contributed by atoms with van der Waals surface area (Å²) in [5.41, 5.74) is 10.2. The maximum Gasteiger partial charge on any atom is 0.0995 e. The number of nitrogens with zero attached hydrogens (tertiary/aromatic N) is 2. The molecule has 1 aromatic carbocycles. The molecule has 16 heavy (non-hydrogen) atoms. The van der Waals surface area contributed by atoms with Crippen molar-refractivity contribution in [3.63, 3.8) is 0 Å². The third-order valence-corrected chi connectivity index (χ3v) is 2.54. The molecule has 2 aromatic rings. The Hall–Kier alpha value is -1.61. The van der Waals surface area contributed by atoms with Gasteiger partial charge in [-0.3, -0.25) is 0 Å². The van der Waals surface area contributed by atoms with E-state index < -0.39 is 0 Å². The maximum atomic E-state index is 5.51. The summed E-state index contributed by atoms with van der Waals surface area (Å²) in [5, 5.41) is 0. The molecule has 0 saturated heterocycles. The van der Waals surface area contributed by atoms with E-state index in [4.69, 9.17) is 5.73 Å². The Morgan fingerprint density at radius 2 is 1.88 bits per heavy atom. The lowest BCUT2D eigenvalue weighted by molar-refractivity contribution is 0.934. The van der Waals surface area contributed by atoms with Gasteiger partial charge in [0.1, 0.15) is 0 Å². The van der Waals surface area contributed by atoms with Gasteiger partial charge in [-0.05, 0) is 43.7 Å². The molecule has 0 aliphatic heterocycles. The maximum absolute atomic E-state index is 5.51. The van der Waals surface area contributed by atoms with E-state index in [1.54, 1.807) is 0 Å². The van der Waals surface area contributed by atoms with Gasteiger partial charge >= 0.3 is 0 Å². The summed E-state index contributed by atoms with van der Waals surface area (Å²) in [5.74, 6) is 0. The van der Waals surface area contributed by atoms with Crippen LogP contribution < -0.4 is 5.73 Å². The monoisotopic (exact) mass is 215 g/mol. The predicted octanol–water partition coefficient (Wildman–Crippen LogP) is 1.99. The first-order valence-electron chi connectivity index (χ1n) is 5.50. The summed E-state index contributed by atoms with van der Waals surface area (Å²) < 4.78 is 2.05. The highest BCUT2D eigenvalue weighted by Crippen LogP contribution is 2.14. The van der Waals surface area contributed by atoms with Crippen molar-refractivity contribution in [2.75, 3.05) is 6.54 Å². The highest BCUT2D eigenvalue weighted by molar-refractivity contribution is 5.39. The normalized spacial score (nSPS) is 10.7. The molecule has 3 nitrogen and oxygen atoms in total. The molecule has 1 heterocycles. The van der Waals surface area contributed by atoms with Crippen molar-refractivity contribution in [2.24, 2.45) is 5.73 Å². The second-order valence-corrected chi connectivity index (χ2v) is 4.16. The summed E-state index contributed by atoms with van der Waals surface area (Å²) in [6.45, 7) is 4.85. The van der Waals surface area contributed by atoms with Crippen LogP contribution in [0.2, 0.25) is 0 Å². The van der Waals surface area contributed by atoms with Crippen LogP contribution in [0, 0.1) is 13.8 Å². The minimum atomic E-state index is 0.643. The first-order valence-corrected chi connectivity index (χ1v) is 5.50. The van der Waals surface area contributed by atoms with Gasteiger partial charge in [-0.1, -0.05) is 6.07 Å². The Labute approximate surface area is 95.9 Å². The van der Waals surface area contributed by atoms with Crippen molar-refractivity contribution in [3.8, 4) is 5.69 Å². The second kappa shape index (κ2) is 4.49. The Bertz CT molecular complexity index is 465. The molecule has 0 bridgehead atoms. The molecule has 2 rings (SSSR count). The Kier molecular flexibility index (Phi) is 3.06.